The third kappa shape index (κ3) is 7.56. The van der Waals surface area contributed by atoms with Crippen LogP contribution in [0.3, 0.4) is 0 Å². The van der Waals surface area contributed by atoms with E-state index in [1.807, 2.05) is 20.8 Å². The highest BCUT2D eigenvalue weighted by Crippen LogP contribution is 2.38. The molecular formula is C17H29NO6S. The van der Waals surface area contributed by atoms with Gasteiger partial charge in [-0.05, 0) is 18.3 Å². The first-order chi connectivity index (χ1) is 11.6. The maximum atomic E-state index is 12.6. The topological polar surface area (TPSA) is 91.3 Å². The van der Waals surface area contributed by atoms with Gasteiger partial charge in [0.15, 0.2) is 5.78 Å². The van der Waals surface area contributed by atoms with Crippen LogP contribution in [0.2, 0.25) is 0 Å². The van der Waals surface area contributed by atoms with Crippen LogP contribution in [0.4, 0.5) is 0 Å². The lowest BCUT2D eigenvalue weighted by Crippen LogP contribution is -2.30. The van der Waals surface area contributed by atoms with Crippen LogP contribution in [-0.4, -0.2) is 39.6 Å². The molecule has 8 heteroatoms. The van der Waals surface area contributed by atoms with Crippen molar-refractivity contribution in [2.45, 2.75) is 59.8 Å². The van der Waals surface area contributed by atoms with Crippen molar-refractivity contribution >= 4 is 21.6 Å². The van der Waals surface area contributed by atoms with E-state index in [-0.39, 0.29) is 29.3 Å². The Labute approximate surface area is 150 Å². The van der Waals surface area contributed by atoms with Crippen LogP contribution in [0.25, 0.3) is 0 Å². The lowest BCUT2D eigenvalue weighted by molar-refractivity contribution is -0.117. The highest BCUT2D eigenvalue weighted by Gasteiger charge is 2.37. The molecule has 1 rings (SSSR count). The molecule has 0 amide bonds. The lowest BCUT2D eigenvalue weighted by Gasteiger charge is -2.31. The summed E-state index contributed by atoms with van der Waals surface area (Å²) >= 11 is 0. The summed E-state index contributed by atoms with van der Waals surface area (Å²) < 4.78 is 33.5. The van der Waals surface area contributed by atoms with Gasteiger partial charge in [-0.3, -0.25) is 4.79 Å². The number of Topliss-reactive ketones (excluding diaryl/α,β-unsaturated/α-hetero) is 1. The van der Waals surface area contributed by atoms with Crippen LogP contribution in [0.15, 0.2) is 16.5 Å². The molecule has 0 bridgehead atoms. The number of unbranched alkanes of at least 4 members (excludes halogenated alkanes) is 1. The zero-order chi connectivity index (χ0) is 19.1. The Morgan fingerprint density at radius 2 is 1.92 bits per heavy atom. The fourth-order valence-electron chi connectivity index (χ4n) is 2.57. The monoisotopic (exact) mass is 375 g/mol. The second-order valence-corrected chi connectivity index (χ2v) is 8.50. The molecule has 0 saturated heterocycles. The van der Waals surface area contributed by atoms with Crippen molar-refractivity contribution in [1.29, 1.82) is 0 Å². The zero-order valence-electron chi connectivity index (χ0n) is 15.8. The Balaban J connectivity index is 3.03. The van der Waals surface area contributed by atoms with E-state index >= 15 is 0 Å². The molecule has 0 radical (unpaired) electrons. The maximum Gasteiger partial charge on any atom is 0.305 e. The van der Waals surface area contributed by atoms with E-state index in [0.29, 0.717) is 31.6 Å². The van der Waals surface area contributed by atoms with Crippen LogP contribution in [-0.2, 0) is 28.7 Å². The molecule has 1 aliphatic rings. The van der Waals surface area contributed by atoms with Crippen molar-refractivity contribution in [2.24, 2.45) is 10.6 Å². The molecule has 0 aromatic heterocycles. The molecule has 0 saturated carbocycles. The molecule has 0 aromatic rings. The Bertz CT molecular complexity index is 634. The van der Waals surface area contributed by atoms with Crippen molar-refractivity contribution in [3.05, 3.63) is 11.3 Å². The van der Waals surface area contributed by atoms with Gasteiger partial charge in [-0.25, -0.2) is 0 Å². The van der Waals surface area contributed by atoms with Crippen molar-refractivity contribution in [3.8, 4) is 0 Å². The fourth-order valence-corrected chi connectivity index (χ4v) is 3.08. The normalized spacial score (nSPS) is 18.4. The summed E-state index contributed by atoms with van der Waals surface area (Å²) in [5.74, 6) is -0.0501. The number of ether oxygens (including phenoxy) is 1. The predicted octanol–water partition coefficient (Wildman–Crippen LogP) is 3.16. The molecule has 1 aliphatic carbocycles. The van der Waals surface area contributed by atoms with Gasteiger partial charge in [0, 0.05) is 12.8 Å². The first-order valence-corrected chi connectivity index (χ1v) is 10.3. The molecular weight excluding hydrogens is 346 g/mol. The molecule has 0 fully saturated rings. The average Bonchev–Trinajstić information content (AvgIpc) is 2.45. The molecule has 0 heterocycles. The number of nitrogens with zero attached hydrogens (tertiary/aromatic N) is 1. The minimum absolute atomic E-state index is 0.0151. The molecule has 0 atom stereocenters. The maximum absolute atomic E-state index is 12.6. The summed E-state index contributed by atoms with van der Waals surface area (Å²) in [5.41, 5.74) is 0.211. The quantitative estimate of drug-likeness (QED) is 0.191. The zero-order valence-corrected chi connectivity index (χ0v) is 16.6. The molecule has 0 aliphatic heterocycles. The summed E-state index contributed by atoms with van der Waals surface area (Å²) in [6, 6.07) is 0. The average molecular weight is 375 g/mol. The van der Waals surface area contributed by atoms with Crippen molar-refractivity contribution in [2.75, 3.05) is 19.7 Å². The van der Waals surface area contributed by atoms with Gasteiger partial charge in [0.25, 0.3) is 0 Å². The van der Waals surface area contributed by atoms with Crippen LogP contribution >= 0.6 is 0 Å². The summed E-state index contributed by atoms with van der Waals surface area (Å²) in [7, 11) is -3.74. The molecule has 144 valence electrons. The number of hydrogen-bond acceptors (Lipinski definition) is 7. The number of carbonyl (C=O) groups excluding carboxylic acids is 1. The predicted molar refractivity (Wildman–Crippen MR) is 95.5 cm³/mol. The summed E-state index contributed by atoms with van der Waals surface area (Å²) in [6.45, 7) is 8.23. The van der Waals surface area contributed by atoms with Gasteiger partial charge in [-0.2, -0.15) is 8.42 Å². The number of hydrogen-bond donors (Lipinski definition) is 0. The highest BCUT2D eigenvalue weighted by molar-refractivity contribution is 7.86. The summed E-state index contributed by atoms with van der Waals surface area (Å²) in [6.07, 6.45) is 3.96. The Morgan fingerprint density at radius 1 is 1.24 bits per heavy atom. The van der Waals surface area contributed by atoms with E-state index in [1.165, 1.54) is 0 Å². The van der Waals surface area contributed by atoms with Gasteiger partial charge in [-0.1, -0.05) is 39.3 Å². The minimum Gasteiger partial charge on any atom is -0.386 e. The van der Waals surface area contributed by atoms with Crippen LogP contribution in [0, 0.1) is 5.41 Å². The highest BCUT2D eigenvalue weighted by atomic mass is 32.2. The third-order valence-electron chi connectivity index (χ3n) is 3.66. The van der Waals surface area contributed by atoms with Gasteiger partial charge in [-0.15, -0.1) is 0 Å². The van der Waals surface area contributed by atoms with E-state index in [9.17, 15) is 13.2 Å². The van der Waals surface area contributed by atoms with Gasteiger partial charge in [0.2, 0.25) is 6.79 Å². The van der Waals surface area contributed by atoms with Gasteiger partial charge in [0.1, 0.15) is 5.76 Å². The number of carbonyl (C=O) groups is 1. The number of oxime groups is 1. The smallest absolute Gasteiger partial charge is 0.305 e. The van der Waals surface area contributed by atoms with E-state index < -0.39 is 10.1 Å². The lowest BCUT2D eigenvalue weighted by atomic mass is 9.75. The van der Waals surface area contributed by atoms with E-state index in [0.717, 1.165) is 19.1 Å². The van der Waals surface area contributed by atoms with Crippen LogP contribution in [0.5, 0.6) is 0 Å². The summed E-state index contributed by atoms with van der Waals surface area (Å²) in [4.78, 5) is 17.7. The largest absolute Gasteiger partial charge is 0.386 e. The molecule has 0 unspecified atom stereocenters. The Hall–Kier alpha value is -1.41. The second kappa shape index (κ2) is 9.33. The molecule has 0 spiro atoms. The van der Waals surface area contributed by atoms with Crippen molar-refractivity contribution < 1.29 is 27.0 Å². The van der Waals surface area contributed by atoms with Gasteiger partial charge in [0.05, 0.1) is 24.1 Å². The Morgan fingerprint density at radius 3 is 2.48 bits per heavy atom. The Kier molecular flexibility index (Phi) is 8.08. The summed E-state index contributed by atoms with van der Waals surface area (Å²) in [5, 5.41) is 3.98. The first kappa shape index (κ1) is 21.6. The molecule has 7 nitrogen and oxygen atoms in total. The van der Waals surface area contributed by atoms with Crippen LogP contribution < -0.4 is 0 Å². The standard InChI is InChI=1S/C17H29NO6S/c1-6-8-9-22-12-23-18-13(7-2)16-14(19)10-17(3,4)11-15(16)24-25(5,20)21/h6-12H2,1-5H3/b18-13-. The van der Waals surface area contributed by atoms with E-state index in [4.69, 9.17) is 13.8 Å². The SMILES string of the molecule is CCCCOCO/N=C(/CC)C1=C(OS(C)(=O)=O)CC(C)(C)CC1=O. The van der Waals surface area contributed by atoms with Crippen LogP contribution in [0.1, 0.15) is 59.8 Å². The second-order valence-electron chi connectivity index (χ2n) is 6.93. The molecule has 0 aromatic carbocycles. The van der Waals surface area contributed by atoms with E-state index in [2.05, 4.69) is 12.1 Å². The van der Waals surface area contributed by atoms with Gasteiger partial charge < -0.3 is 13.8 Å². The van der Waals surface area contributed by atoms with Crippen molar-refractivity contribution in [1.82, 2.24) is 0 Å². The third-order valence-corrected chi connectivity index (χ3v) is 4.17. The number of ketones is 1. The number of rotatable bonds is 10. The fraction of sp³-hybridized carbons (Fsp3) is 0.765. The van der Waals surface area contributed by atoms with E-state index in [1.54, 1.807) is 0 Å². The van der Waals surface area contributed by atoms with Gasteiger partial charge >= 0.3 is 10.1 Å². The first-order valence-electron chi connectivity index (χ1n) is 8.52. The molecule has 0 N–H and O–H groups in total. The van der Waals surface area contributed by atoms with Crippen molar-refractivity contribution in [3.63, 3.8) is 0 Å². The minimum atomic E-state index is -3.74. The molecule has 25 heavy (non-hydrogen) atoms. The number of allylic oxidation sites excluding steroid dienone is 2.